The topological polar surface area (TPSA) is 50.4 Å². The lowest BCUT2D eigenvalue weighted by Gasteiger charge is -2.08. The first-order chi connectivity index (χ1) is 8.17. The predicted molar refractivity (Wildman–Crippen MR) is 72.4 cm³/mol. The van der Waals surface area contributed by atoms with Crippen molar-refractivity contribution in [3.05, 3.63) is 35.3 Å². The maximum atomic E-state index is 11.5. The smallest absolute Gasteiger partial charge is 0.238 e. The van der Waals surface area contributed by atoms with Crippen molar-refractivity contribution in [2.45, 2.75) is 0 Å². The van der Waals surface area contributed by atoms with Crippen molar-refractivity contribution in [3.63, 3.8) is 0 Å². The quantitative estimate of drug-likeness (QED) is 0.625. The summed E-state index contributed by atoms with van der Waals surface area (Å²) in [5.74, 6) is 0.582. The lowest BCUT2D eigenvalue weighted by Crippen LogP contribution is -2.28. The Bertz CT molecular complexity index is 407. The van der Waals surface area contributed by atoms with E-state index in [4.69, 9.17) is 4.74 Å². The molecule has 0 aromatic heterocycles. The number of ether oxygens (including phenoxy) is 1. The molecule has 0 aliphatic carbocycles. The molecule has 0 saturated heterocycles. The molecular weight excluding hydrogens is 284 g/mol. The van der Waals surface area contributed by atoms with Gasteiger partial charge in [-0.05, 0) is 28.1 Å². The van der Waals surface area contributed by atoms with E-state index in [1.807, 2.05) is 6.07 Å². The van der Waals surface area contributed by atoms with Crippen LogP contribution in [0.3, 0.4) is 0 Å². The highest BCUT2D eigenvalue weighted by Gasteiger charge is 2.04. The standard InChI is InChI=1S/C12H15BrN2O2/c1-3-6-14-8-12(16)15-9-4-5-10(13)11(7-9)17-2/h3-5,7,14H,1,6,8H2,2H3,(H,15,16). The van der Waals surface area contributed by atoms with Crippen molar-refractivity contribution < 1.29 is 9.53 Å². The van der Waals surface area contributed by atoms with Crippen LogP contribution in [0.25, 0.3) is 0 Å². The molecule has 0 fully saturated rings. The SMILES string of the molecule is C=CCNCC(=O)Nc1ccc(Br)c(OC)c1. The molecule has 4 nitrogen and oxygen atoms in total. The highest BCUT2D eigenvalue weighted by molar-refractivity contribution is 9.10. The fourth-order valence-electron chi connectivity index (χ4n) is 1.23. The summed E-state index contributed by atoms with van der Waals surface area (Å²) in [5.41, 5.74) is 0.704. The molecule has 0 saturated carbocycles. The molecule has 92 valence electrons. The molecule has 0 aliphatic rings. The zero-order chi connectivity index (χ0) is 12.7. The molecule has 1 rings (SSSR count). The molecule has 0 atom stereocenters. The van der Waals surface area contributed by atoms with E-state index in [0.29, 0.717) is 18.0 Å². The van der Waals surface area contributed by atoms with Gasteiger partial charge in [-0.3, -0.25) is 4.79 Å². The van der Waals surface area contributed by atoms with Gasteiger partial charge in [0.1, 0.15) is 5.75 Å². The Morgan fingerprint density at radius 2 is 2.35 bits per heavy atom. The van der Waals surface area contributed by atoms with Gasteiger partial charge in [0, 0.05) is 18.3 Å². The Kier molecular flexibility index (Phi) is 5.72. The first-order valence-corrected chi connectivity index (χ1v) is 5.91. The van der Waals surface area contributed by atoms with Gasteiger partial charge in [-0.2, -0.15) is 0 Å². The minimum atomic E-state index is -0.101. The second-order valence-corrected chi connectivity index (χ2v) is 4.17. The van der Waals surface area contributed by atoms with Crippen molar-refractivity contribution in [2.24, 2.45) is 0 Å². The fraction of sp³-hybridized carbons (Fsp3) is 0.250. The highest BCUT2D eigenvalue weighted by Crippen LogP contribution is 2.27. The third-order valence-electron chi connectivity index (χ3n) is 2.01. The monoisotopic (exact) mass is 298 g/mol. The van der Waals surface area contributed by atoms with E-state index in [1.165, 1.54) is 0 Å². The normalized spacial score (nSPS) is 9.76. The number of amides is 1. The Morgan fingerprint density at radius 1 is 1.59 bits per heavy atom. The molecule has 1 amide bonds. The fourth-order valence-corrected chi connectivity index (χ4v) is 1.64. The average Bonchev–Trinajstić information content (AvgIpc) is 2.32. The van der Waals surface area contributed by atoms with Gasteiger partial charge in [0.2, 0.25) is 5.91 Å². The van der Waals surface area contributed by atoms with Gasteiger partial charge in [0.25, 0.3) is 0 Å². The van der Waals surface area contributed by atoms with E-state index in [2.05, 4.69) is 33.1 Å². The molecule has 17 heavy (non-hydrogen) atoms. The van der Waals surface area contributed by atoms with Crippen molar-refractivity contribution in [3.8, 4) is 5.75 Å². The lowest BCUT2D eigenvalue weighted by molar-refractivity contribution is -0.115. The average molecular weight is 299 g/mol. The summed E-state index contributed by atoms with van der Waals surface area (Å²) >= 11 is 3.35. The van der Waals surface area contributed by atoms with Crippen LogP contribution in [0.5, 0.6) is 5.75 Å². The number of carbonyl (C=O) groups excluding carboxylic acids is 1. The first kappa shape index (κ1) is 13.7. The van der Waals surface area contributed by atoms with Gasteiger partial charge in [-0.15, -0.1) is 6.58 Å². The Balaban J connectivity index is 2.56. The van der Waals surface area contributed by atoms with Crippen LogP contribution in [0, 0.1) is 0 Å². The predicted octanol–water partition coefficient (Wildman–Crippen LogP) is 2.17. The minimum absolute atomic E-state index is 0.101. The zero-order valence-corrected chi connectivity index (χ0v) is 11.2. The summed E-state index contributed by atoms with van der Waals surface area (Å²) in [6.07, 6.45) is 1.70. The summed E-state index contributed by atoms with van der Waals surface area (Å²) in [6, 6.07) is 5.39. The molecule has 1 aromatic rings. The molecule has 0 spiro atoms. The lowest BCUT2D eigenvalue weighted by atomic mass is 10.3. The van der Waals surface area contributed by atoms with Gasteiger partial charge < -0.3 is 15.4 Å². The summed E-state index contributed by atoms with van der Waals surface area (Å²) in [7, 11) is 1.58. The number of rotatable bonds is 6. The van der Waals surface area contributed by atoms with Crippen LogP contribution in [-0.4, -0.2) is 26.1 Å². The van der Waals surface area contributed by atoms with Crippen molar-refractivity contribution in [2.75, 3.05) is 25.5 Å². The highest BCUT2D eigenvalue weighted by atomic mass is 79.9. The van der Waals surface area contributed by atoms with Gasteiger partial charge in [0.05, 0.1) is 18.1 Å². The second-order valence-electron chi connectivity index (χ2n) is 3.32. The van der Waals surface area contributed by atoms with Crippen LogP contribution < -0.4 is 15.4 Å². The molecular formula is C12H15BrN2O2. The summed E-state index contributed by atoms with van der Waals surface area (Å²) < 4.78 is 5.99. The van der Waals surface area contributed by atoms with Crippen LogP contribution in [0.15, 0.2) is 35.3 Å². The van der Waals surface area contributed by atoms with E-state index in [0.717, 1.165) is 4.47 Å². The maximum absolute atomic E-state index is 11.5. The Labute approximate surface area is 109 Å². The minimum Gasteiger partial charge on any atom is -0.495 e. The molecule has 5 heteroatoms. The maximum Gasteiger partial charge on any atom is 0.238 e. The van der Waals surface area contributed by atoms with Crippen LogP contribution in [0.4, 0.5) is 5.69 Å². The van der Waals surface area contributed by atoms with Crippen LogP contribution in [0.1, 0.15) is 0 Å². The molecule has 0 radical (unpaired) electrons. The van der Waals surface area contributed by atoms with Gasteiger partial charge in [-0.25, -0.2) is 0 Å². The summed E-state index contributed by atoms with van der Waals surface area (Å²) in [5, 5.41) is 5.69. The van der Waals surface area contributed by atoms with Crippen molar-refractivity contribution >= 4 is 27.5 Å². The van der Waals surface area contributed by atoms with E-state index < -0.39 is 0 Å². The van der Waals surface area contributed by atoms with E-state index >= 15 is 0 Å². The Hall–Kier alpha value is -1.33. The number of hydrogen-bond acceptors (Lipinski definition) is 3. The first-order valence-electron chi connectivity index (χ1n) is 5.12. The number of anilines is 1. The number of hydrogen-bond donors (Lipinski definition) is 2. The second kappa shape index (κ2) is 7.09. The van der Waals surface area contributed by atoms with Gasteiger partial charge in [0.15, 0.2) is 0 Å². The molecule has 0 heterocycles. The van der Waals surface area contributed by atoms with E-state index in [9.17, 15) is 4.79 Å². The summed E-state index contributed by atoms with van der Waals surface area (Å²) in [4.78, 5) is 11.5. The number of methoxy groups -OCH3 is 1. The number of nitrogens with one attached hydrogen (secondary N) is 2. The van der Waals surface area contributed by atoms with E-state index in [1.54, 1.807) is 25.3 Å². The van der Waals surface area contributed by atoms with Crippen LogP contribution >= 0.6 is 15.9 Å². The number of carbonyl (C=O) groups is 1. The third kappa shape index (κ3) is 4.58. The Morgan fingerprint density at radius 3 is 3.00 bits per heavy atom. The largest absolute Gasteiger partial charge is 0.495 e. The molecule has 0 unspecified atom stereocenters. The van der Waals surface area contributed by atoms with Crippen LogP contribution in [-0.2, 0) is 4.79 Å². The van der Waals surface area contributed by atoms with Crippen molar-refractivity contribution in [1.82, 2.24) is 5.32 Å². The molecule has 0 aliphatic heterocycles. The summed E-state index contributed by atoms with van der Waals surface area (Å²) in [6.45, 7) is 4.42. The molecule has 1 aromatic carbocycles. The number of benzene rings is 1. The number of halogens is 1. The molecule has 2 N–H and O–H groups in total. The van der Waals surface area contributed by atoms with Crippen LogP contribution in [0.2, 0.25) is 0 Å². The third-order valence-corrected chi connectivity index (χ3v) is 2.66. The van der Waals surface area contributed by atoms with Crippen molar-refractivity contribution in [1.29, 1.82) is 0 Å². The van der Waals surface area contributed by atoms with Gasteiger partial charge >= 0.3 is 0 Å². The zero-order valence-electron chi connectivity index (χ0n) is 9.63. The van der Waals surface area contributed by atoms with E-state index in [-0.39, 0.29) is 12.5 Å². The van der Waals surface area contributed by atoms with Gasteiger partial charge in [-0.1, -0.05) is 6.08 Å². The molecule has 0 bridgehead atoms.